The molecule has 1 amide bonds. The number of carbonyl (C=O) groups excluding carboxylic acids is 1. The number of carbonyl (C=O) groups is 1. The van der Waals surface area contributed by atoms with Gasteiger partial charge in [0.05, 0.1) is 6.04 Å². The van der Waals surface area contributed by atoms with Crippen LogP contribution in [-0.2, 0) is 4.79 Å². The van der Waals surface area contributed by atoms with E-state index in [4.69, 9.17) is 18.0 Å². The Hall–Kier alpha value is -1.72. The summed E-state index contributed by atoms with van der Waals surface area (Å²) in [5.41, 5.74) is 0.910. The van der Waals surface area contributed by atoms with Gasteiger partial charge in [-0.15, -0.1) is 6.42 Å². The summed E-state index contributed by atoms with van der Waals surface area (Å²) in [6.07, 6.45) is 8.29. The zero-order valence-electron chi connectivity index (χ0n) is 8.91. The Labute approximate surface area is 100 Å². The van der Waals surface area contributed by atoms with E-state index in [2.05, 4.69) is 11.2 Å². The van der Waals surface area contributed by atoms with Crippen molar-refractivity contribution >= 4 is 23.6 Å². The molecule has 0 aliphatic rings. The number of terminal acetylenes is 1. The second kappa shape index (κ2) is 5.99. The molecule has 0 saturated heterocycles. The Balaban J connectivity index is 2.57. The second-order valence-corrected chi connectivity index (χ2v) is 3.72. The normalized spacial score (nSPS) is 12.1. The summed E-state index contributed by atoms with van der Waals surface area (Å²) in [5.74, 6) is 2.21. The average molecular weight is 234 g/mol. The van der Waals surface area contributed by atoms with Crippen LogP contribution in [0.5, 0.6) is 0 Å². The highest BCUT2D eigenvalue weighted by atomic mass is 35.5. The van der Waals surface area contributed by atoms with Gasteiger partial charge in [-0.2, -0.15) is 0 Å². The predicted molar refractivity (Wildman–Crippen MR) is 66.9 cm³/mol. The maximum absolute atomic E-state index is 11.3. The van der Waals surface area contributed by atoms with Crippen molar-refractivity contribution in [3.8, 4) is 12.3 Å². The zero-order chi connectivity index (χ0) is 12.0. The molecule has 0 spiro atoms. The van der Waals surface area contributed by atoms with Crippen molar-refractivity contribution in [1.82, 2.24) is 5.32 Å². The summed E-state index contributed by atoms with van der Waals surface area (Å²) in [4.78, 5) is 11.3. The molecule has 0 fully saturated rings. The summed E-state index contributed by atoms with van der Waals surface area (Å²) >= 11 is 5.74. The quantitative estimate of drug-likeness (QED) is 0.631. The van der Waals surface area contributed by atoms with Crippen LogP contribution >= 0.6 is 11.6 Å². The van der Waals surface area contributed by atoms with Crippen molar-refractivity contribution in [3.63, 3.8) is 0 Å². The lowest BCUT2D eigenvalue weighted by Crippen LogP contribution is -2.29. The molecule has 82 valence electrons. The number of amides is 1. The molecule has 0 radical (unpaired) electrons. The molecule has 1 rings (SSSR count). The van der Waals surface area contributed by atoms with E-state index in [1.165, 1.54) is 6.08 Å². The minimum Gasteiger partial charge on any atom is -0.339 e. The van der Waals surface area contributed by atoms with Gasteiger partial charge < -0.3 is 5.32 Å². The lowest BCUT2D eigenvalue weighted by atomic mass is 10.2. The molecule has 0 bridgehead atoms. The van der Waals surface area contributed by atoms with E-state index < -0.39 is 0 Å². The highest BCUT2D eigenvalue weighted by molar-refractivity contribution is 6.30. The Bertz CT molecular complexity index is 428. The third kappa shape index (κ3) is 4.20. The van der Waals surface area contributed by atoms with Crippen molar-refractivity contribution in [1.29, 1.82) is 0 Å². The molecule has 0 aromatic heterocycles. The third-order valence-corrected chi connectivity index (χ3v) is 2.16. The van der Waals surface area contributed by atoms with Gasteiger partial charge in [-0.05, 0) is 30.7 Å². The van der Waals surface area contributed by atoms with E-state index in [0.29, 0.717) is 5.02 Å². The van der Waals surface area contributed by atoms with Crippen molar-refractivity contribution in [3.05, 3.63) is 40.9 Å². The molecule has 0 saturated carbocycles. The summed E-state index contributed by atoms with van der Waals surface area (Å²) in [6, 6.07) is 6.93. The van der Waals surface area contributed by atoms with Gasteiger partial charge >= 0.3 is 0 Å². The summed E-state index contributed by atoms with van der Waals surface area (Å²) in [6.45, 7) is 1.74. The van der Waals surface area contributed by atoms with Gasteiger partial charge in [0, 0.05) is 11.1 Å². The highest BCUT2D eigenvalue weighted by Crippen LogP contribution is 2.10. The van der Waals surface area contributed by atoms with E-state index in [-0.39, 0.29) is 11.9 Å². The van der Waals surface area contributed by atoms with Crippen LogP contribution < -0.4 is 5.32 Å². The highest BCUT2D eigenvalue weighted by Gasteiger charge is 1.99. The van der Waals surface area contributed by atoms with Crippen LogP contribution in [0.1, 0.15) is 12.5 Å². The number of benzene rings is 1. The molecule has 2 nitrogen and oxygen atoms in total. The number of hydrogen-bond acceptors (Lipinski definition) is 1. The predicted octanol–water partition coefficient (Wildman–Crippen LogP) is 2.49. The first kappa shape index (κ1) is 12.4. The van der Waals surface area contributed by atoms with E-state index in [9.17, 15) is 4.79 Å². The SMILES string of the molecule is C#CC(C)NC(=O)/C=C/c1ccc(Cl)cc1. The van der Waals surface area contributed by atoms with Crippen molar-refractivity contribution in [2.24, 2.45) is 0 Å². The molecule has 0 heterocycles. The standard InChI is InChI=1S/C13H12ClNO/c1-3-10(2)15-13(16)9-6-11-4-7-12(14)8-5-11/h1,4-10H,2H3,(H,15,16)/b9-6+. The fraction of sp³-hybridized carbons (Fsp3) is 0.154. The topological polar surface area (TPSA) is 29.1 Å². The minimum absolute atomic E-state index is 0.208. The van der Waals surface area contributed by atoms with Crippen molar-refractivity contribution in [2.45, 2.75) is 13.0 Å². The van der Waals surface area contributed by atoms with E-state index in [0.717, 1.165) is 5.56 Å². The zero-order valence-corrected chi connectivity index (χ0v) is 9.66. The number of halogens is 1. The van der Waals surface area contributed by atoms with Crippen LogP contribution in [0.25, 0.3) is 6.08 Å². The molecule has 16 heavy (non-hydrogen) atoms. The first-order valence-corrected chi connectivity index (χ1v) is 5.20. The number of hydrogen-bond donors (Lipinski definition) is 1. The van der Waals surface area contributed by atoms with Crippen LogP contribution in [0, 0.1) is 12.3 Å². The molecule has 0 aliphatic heterocycles. The number of rotatable bonds is 3. The van der Waals surface area contributed by atoms with Crippen molar-refractivity contribution in [2.75, 3.05) is 0 Å². The lowest BCUT2D eigenvalue weighted by Gasteiger charge is -2.03. The average Bonchev–Trinajstić information content (AvgIpc) is 2.28. The van der Waals surface area contributed by atoms with Crippen LogP contribution in [0.2, 0.25) is 5.02 Å². The Kier molecular flexibility index (Phi) is 4.63. The second-order valence-electron chi connectivity index (χ2n) is 3.28. The van der Waals surface area contributed by atoms with Crippen LogP contribution in [0.15, 0.2) is 30.3 Å². The molecule has 1 aromatic carbocycles. The van der Waals surface area contributed by atoms with Crippen LogP contribution in [0.4, 0.5) is 0 Å². The van der Waals surface area contributed by atoms with Crippen LogP contribution in [0.3, 0.4) is 0 Å². The number of nitrogens with one attached hydrogen (secondary N) is 1. The van der Waals surface area contributed by atoms with Gasteiger partial charge in [0.1, 0.15) is 0 Å². The Morgan fingerprint density at radius 2 is 2.12 bits per heavy atom. The third-order valence-electron chi connectivity index (χ3n) is 1.91. The molecule has 1 unspecified atom stereocenters. The summed E-state index contributed by atoms with van der Waals surface area (Å²) < 4.78 is 0. The molecule has 1 aromatic rings. The smallest absolute Gasteiger partial charge is 0.244 e. The van der Waals surface area contributed by atoms with Gasteiger partial charge in [-0.25, -0.2) is 0 Å². The molecule has 1 atom stereocenters. The van der Waals surface area contributed by atoms with Gasteiger partial charge in [-0.1, -0.05) is 29.7 Å². The maximum atomic E-state index is 11.3. The minimum atomic E-state index is -0.262. The molecular formula is C13H12ClNO. The largest absolute Gasteiger partial charge is 0.339 e. The monoisotopic (exact) mass is 233 g/mol. The molecule has 0 aliphatic carbocycles. The summed E-state index contributed by atoms with van der Waals surface area (Å²) in [5, 5.41) is 3.29. The molecule has 1 N–H and O–H groups in total. The Morgan fingerprint density at radius 3 is 2.69 bits per heavy atom. The van der Waals surface area contributed by atoms with Crippen LogP contribution in [-0.4, -0.2) is 11.9 Å². The first-order chi connectivity index (χ1) is 7.61. The molecular weight excluding hydrogens is 222 g/mol. The summed E-state index contributed by atoms with van der Waals surface area (Å²) in [7, 11) is 0. The molecule has 3 heteroatoms. The van der Waals surface area contributed by atoms with Gasteiger partial charge in [0.15, 0.2) is 0 Å². The maximum Gasteiger partial charge on any atom is 0.244 e. The first-order valence-electron chi connectivity index (χ1n) is 4.82. The lowest BCUT2D eigenvalue weighted by molar-refractivity contribution is -0.116. The van der Waals surface area contributed by atoms with Gasteiger partial charge in [-0.3, -0.25) is 4.79 Å². The van der Waals surface area contributed by atoms with E-state index in [1.54, 1.807) is 25.1 Å². The fourth-order valence-electron chi connectivity index (χ4n) is 1.05. The van der Waals surface area contributed by atoms with E-state index in [1.807, 2.05) is 12.1 Å². The van der Waals surface area contributed by atoms with E-state index >= 15 is 0 Å². The van der Waals surface area contributed by atoms with Crippen molar-refractivity contribution < 1.29 is 4.79 Å². The van der Waals surface area contributed by atoms with Gasteiger partial charge in [0.25, 0.3) is 0 Å². The fourth-order valence-corrected chi connectivity index (χ4v) is 1.17. The Morgan fingerprint density at radius 1 is 1.50 bits per heavy atom. The van der Waals surface area contributed by atoms with Gasteiger partial charge in [0.2, 0.25) is 5.91 Å².